The smallest absolute Gasteiger partial charge is 0.224 e. The van der Waals surface area contributed by atoms with Crippen molar-refractivity contribution in [3.05, 3.63) is 29.8 Å². The molecule has 0 bridgehead atoms. The predicted molar refractivity (Wildman–Crippen MR) is 81.6 cm³/mol. The van der Waals surface area contributed by atoms with Crippen LogP contribution >= 0.6 is 0 Å². The van der Waals surface area contributed by atoms with Gasteiger partial charge in [0.05, 0.1) is 6.42 Å². The maximum Gasteiger partial charge on any atom is 0.224 e. The van der Waals surface area contributed by atoms with Crippen LogP contribution in [0.15, 0.2) is 24.3 Å². The lowest BCUT2D eigenvalue weighted by Crippen LogP contribution is -2.34. The molecule has 0 aliphatic rings. The van der Waals surface area contributed by atoms with Gasteiger partial charge in [0.1, 0.15) is 0 Å². The van der Waals surface area contributed by atoms with Crippen molar-refractivity contribution < 1.29 is 9.53 Å². The average molecular weight is 279 g/mol. The average Bonchev–Trinajstić information content (AvgIpc) is 2.42. The molecule has 1 aromatic carbocycles. The molecule has 0 spiro atoms. The van der Waals surface area contributed by atoms with Crippen molar-refractivity contribution in [2.24, 2.45) is 0 Å². The third-order valence-corrected chi connectivity index (χ3v) is 3.05. The molecule has 0 aliphatic heterocycles. The molecule has 0 atom stereocenters. The highest BCUT2D eigenvalue weighted by atomic mass is 16.5. The summed E-state index contributed by atoms with van der Waals surface area (Å²) in [6.07, 6.45) is 1.40. The summed E-state index contributed by atoms with van der Waals surface area (Å²) in [6.45, 7) is 3.25. The van der Waals surface area contributed by atoms with Crippen molar-refractivity contribution >= 4 is 11.6 Å². The van der Waals surface area contributed by atoms with Crippen LogP contribution in [0.5, 0.6) is 0 Å². The minimum atomic E-state index is 0.0417. The van der Waals surface area contributed by atoms with Crippen LogP contribution < -0.4 is 11.1 Å². The number of nitrogens with two attached hydrogens (primary N) is 1. The second kappa shape index (κ2) is 9.34. The molecule has 3 N–H and O–H groups in total. The molecule has 1 amide bonds. The Bertz CT molecular complexity index is 393. The van der Waals surface area contributed by atoms with E-state index < -0.39 is 0 Å². The van der Waals surface area contributed by atoms with Gasteiger partial charge in [0.2, 0.25) is 5.91 Å². The zero-order valence-corrected chi connectivity index (χ0v) is 12.4. The van der Waals surface area contributed by atoms with Crippen molar-refractivity contribution in [3.8, 4) is 0 Å². The molecule has 0 radical (unpaired) electrons. The van der Waals surface area contributed by atoms with Crippen LogP contribution in [0, 0.1) is 0 Å². The van der Waals surface area contributed by atoms with Gasteiger partial charge in [-0.05, 0) is 31.2 Å². The summed E-state index contributed by atoms with van der Waals surface area (Å²) >= 11 is 0. The molecule has 1 aromatic rings. The lowest BCUT2D eigenvalue weighted by molar-refractivity contribution is -0.120. The normalized spacial score (nSPS) is 10.8. The highest BCUT2D eigenvalue weighted by Gasteiger charge is 2.04. The molecule has 5 nitrogen and oxygen atoms in total. The molecule has 0 saturated carbocycles. The second-order valence-corrected chi connectivity index (χ2v) is 4.92. The summed E-state index contributed by atoms with van der Waals surface area (Å²) in [4.78, 5) is 13.9. The second-order valence-electron chi connectivity index (χ2n) is 4.92. The van der Waals surface area contributed by atoms with E-state index in [1.165, 1.54) is 0 Å². The van der Waals surface area contributed by atoms with E-state index in [0.29, 0.717) is 18.7 Å². The van der Waals surface area contributed by atoms with Crippen LogP contribution in [-0.2, 0) is 16.0 Å². The lowest BCUT2D eigenvalue weighted by atomic mass is 10.1. The van der Waals surface area contributed by atoms with Crippen molar-refractivity contribution in [3.63, 3.8) is 0 Å². The van der Waals surface area contributed by atoms with Gasteiger partial charge in [-0.15, -0.1) is 0 Å². The SMILES string of the molecule is COCCCN(C)CCNC(=O)Cc1ccc(N)cc1. The number of nitrogens with zero attached hydrogens (tertiary/aromatic N) is 1. The Morgan fingerprint density at radius 2 is 2.00 bits per heavy atom. The van der Waals surface area contributed by atoms with Gasteiger partial charge >= 0.3 is 0 Å². The summed E-state index contributed by atoms with van der Waals surface area (Å²) < 4.78 is 5.00. The number of ether oxygens (including phenoxy) is 1. The van der Waals surface area contributed by atoms with Crippen molar-refractivity contribution in [2.75, 3.05) is 46.1 Å². The number of amides is 1. The minimum absolute atomic E-state index is 0.0417. The monoisotopic (exact) mass is 279 g/mol. The number of anilines is 1. The van der Waals surface area contributed by atoms with E-state index in [4.69, 9.17) is 10.5 Å². The van der Waals surface area contributed by atoms with Crippen molar-refractivity contribution in [2.45, 2.75) is 12.8 Å². The maximum absolute atomic E-state index is 11.8. The summed E-state index contributed by atoms with van der Waals surface area (Å²) in [6, 6.07) is 7.38. The van der Waals surface area contributed by atoms with Crippen LogP contribution in [0.4, 0.5) is 5.69 Å². The number of carbonyl (C=O) groups is 1. The number of hydrogen-bond donors (Lipinski definition) is 2. The number of nitrogens with one attached hydrogen (secondary N) is 1. The van der Waals surface area contributed by atoms with E-state index in [-0.39, 0.29) is 5.91 Å². The summed E-state index contributed by atoms with van der Waals surface area (Å²) in [5.41, 5.74) is 7.30. The fourth-order valence-corrected chi connectivity index (χ4v) is 1.86. The summed E-state index contributed by atoms with van der Waals surface area (Å²) in [5.74, 6) is 0.0417. The standard InChI is InChI=1S/C15H25N3O2/c1-18(9-3-11-20-2)10-8-17-15(19)12-13-4-6-14(16)7-5-13/h4-7H,3,8-12,16H2,1-2H3,(H,17,19). The Kier molecular flexibility index (Phi) is 7.69. The van der Waals surface area contributed by atoms with Crippen LogP contribution in [0.3, 0.4) is 0 Å². The summed E-state index contributed by atoms with van der Waals surface area (Å²) in [5, 5.41) is 2.92. The number of nitrogen functional groups attached to an aromatic ring is 1. The molecule has 112 valence electrons. The molecule has 20 heavy (non-hydrogen) atoms. The van der Waals surface area contributed by atoms with E-state index in [9.17, 15) is 4.79 Å². The molecular weight excluding hydrogens is 254 g/mol. The number of methoxy groups -OCH3 is 1. The topological polar surface area (TPSA) is 67.6 Å². The highest BCUT2D eigenvalue weighted by Crippen LogP contribution is 2.05. The van der Waals surface area contributed by atoms with Gasteiger partial charge < -0.3 is 20.7 Å². The molecule has 0 fully saturated rings. The summed E-state index contributed by atoms with van der Waals surface area (Å²) in [7, 11) is 3.75. The van der Waals surface area contributed by atoms with Crippen LogP contribution in [0.1, 0.15) is 12.0 Å². The van der Waals surface area contributed by atoms with Gasteiger partial charge in [-0.2, -0.15) is 0 Å². The maximum atomic E-state index is 11.8. The first-order valence-electron chi connectivity index (χ1n) is 6.90. The van der Waals surface area contributed by atoms with Gasteiger partial charge in [-0.3, -0.25) is 4.79 Å². The van der Waals surface area contributed by atoms with E-state index in [1.54, 1.807) is 7.11 Å². The van der Waals surface area contributed by atoms with E-state index in [0.717, 1.165) is 31.7 Å². The number of carbonyl (C=O) groups excluding carboxylic acids is 1. The van der Waals surface area contributed by atoms with Crippen molar-refractivity contribution in [1.82, 2.24) is 10.2 Å². The Labute approximate surface area is 121 Å². The number of likely N-dealkylation sites (N-methyl/N-ethyl adjacent to an activating group) is 1. The Morgan fingerprint density at radius 3 is 2.65 bits per heavy atom. The molecule has 0 aromatic heterocycles. The lowest BCUT2D eigenvalue weighted by Gasteiger charge is -2.16. The van der Waals surface area contributed by atoms with Crippen molar-refractivity contribution in [1.29, 1.82) is 0 Å². The Hall–Kier alpha value is -1.59. The predicted octanol–water partition coefficient (Wildman–Crippen LogP) is 0.896. The minimum Gasteiger partial charge on any atom is -0.399 e. The van der Waals surface area contributed by atoms with Gasteiger partial charge in [-0.1, -0.05) is 12.1 Å². The van der Waals surface area contributed by atoms with Gasteiger partial charge in [0.25, 0.3) is 0 Å². The molecule has 0 aliphatic carbocycles. The fraction of sp³-hybridized carbons (Fsp3) is 0.533. The zero-order chi connectivity index (χ0) is 14.8. The van der Waals surface area contributed by atoms with Crippen LogP contribution in [-0.4, -0.2) is 51.2 Å². The molecule has 0 unspecified atom stereocenters. The van der Waals surface area contributed by atoms with E-state index in [2.05, 4.69) is 10.2 Å². The molecular formula is C15H25N3O2. The Balaban J connectivity index is 2.15. The van der Waals surface area contributed by atoms with E-state index >= 15 is 0 Å². The van der Waals surface area contributed by atoms with Gasteiger partial charge in [0, 0.05) is 39.0 Å². The van der Waals surface area contributed by atoms with Crippen LogP contribution in [0.2, 0.25) is 0 Å². The molecule has 5 heteroatoms. The largest absolute Gasteiger partial charge is 0.399 e. The quantitative estimate of drug-likeness (QED) is 0.520. The third kappa shape index (κ3) is 7.11. The molecule has 0 saturated heterocycles. The highest BCUT2D eigenvalue weighted by molar-refractivity contribution is 5.78. The fourth-order valence-electron chi connectivity index (χ4n) is 1.86. The first-order chi connectivity index (χ1) is 9.61. The van der Waals surface area contributed by atoms with Gasteiger partial charge in [0.15, 0.2) is 0 Å². The number of hydrogen-bond acceptors (Lipinski definition) is 4. The van der Waals surface area contributed by atoms with E-state index in [1.807, 2.05) is 31.3 Å². The molecule has 1 rings (SSSR count). The zero-order valence-electron chi connectivity index (χ0n) is 12.4. The Morgan fingerprint density at radius 1 is 1.30 bits per heavy atom. The van der Waals surface area contributed by atoms with Crippen LogP contribution in [0.25, 0.3) is 0 Å². The number of rotatable bonds is 9. The van der Waals surface area contributed by atoms with Gasteiger partial charge in [-0.25, -0.2) is 0 Å². The first kappa shape index (κ1) is 16.5. The third-order valence-electron chi connectivity index (χ3n) is 3.05. The molecule has 0 heterocycles. The number of benzene rings is 1. The first-order valence-corrected chi connectivity index (χ1v) is 6.90.